The molecule has 0 saturated carbocycles. The standard InChI is InChI=1S/C7H6F3NO2/c8-7(9,10)3-1-2-5(4-11)6(12)13/h2H,1,3H2,(H,12,13). The predicted octanol–water partition coefficient (Wildman–Crippen LogP) is 1.86. The summed E-state index contributed by atoms with van der Waals surface area (Å²) in [6.45, 7) is 0. The zero-order valence-corrected chi connectivity index (χ0v) is 6.43. The van der Waals surface area contributed by atoms with E-state index in [1.54, 1.807) is 0 Å². The Balaban J connectivity index is 4.12. The molecular weight excluding hydrogens is 187 g/mol. The number of carbonyl (C=O) groups is 1. The van der Waals surface area contributed by atoms with Gasteiger partial charge in [0.05, 0.1) is 0 Å². The molecule has 0 rings (SSSR count). The zero-order valence-electron chi connectivity index (χ0n) is 6.43. The molecule has 0 heterocycles. The number of nitriles is 1. The zero-order chi connectivity index (χ0) is 10.5. The maximum absolute atomic E-state index is 11.6. The number of allylic oxidation sites excluding steroid dienone is 1. The Bertz CT molecular complexity index is 262. The van der Waals surface area contributed by atoms with Crippen molar-refractivity contribution in [3.8, 4) is 6.07 Å². The topological polar surface area (TPSA) is 61.1 Å². The van der Waals surface area contributed by atoms with Gasteiger partial charge >= 0.3 is 12.1 Å². The van der Waals surface area contributed by atoms with E-state index < -0.39 is 30.6 Å². The lowest BCUT2D eigenvalue weighted by Gasteiger charge is -2.01. The summed E-state index contributed by atoms with van der Waals surface area (Å²) in [5.41, 5.74) is -0.663. The number of carboxylic acids is 1. The van der Waals surface area contributed by atoms with E-state index in [-0.39, 0.29) is 0 Å². The first-order chi connectivity index (χ1) is 5.87. The number of carboxylic acid groups (broad SMARTS) is 1. The second kappa shape index (κ2) is 4.50. The van der Waals surface area contributed by atoms with Gasteiger partial charge in [0.2, 0.25) is 0 Å². The monoisotopic (exact) mass is 193 g/mol. The van der Waals surface area contributed by atoms with Crippen LogP contribution in [0.2, 0.25) is 0 Å². The molecule has 0 atom stereocenters. The fraction of sp³-hybridized carbons (Fsp3) is 0.429. The van der Waals surface area contributed by atoms with Gasteiger partial charge in [-0.1, -0.05) is 6.08 Å². The van der Waals surface area contributed by atoms with E-state index in [0.717, 1.165) is 6.08 Å². The molecule has 72 valence electrons. The Kier molecular flexibility index (Phi) is 3.98. The van der Waals surface area contributed by atoms with Crippen molar-refractivity contribution >= 4 is 5.97 Å². The Hall–Kier alpha value is -1.51. The van der Waals surface area contributed by atoms with E-state index >= 15 is 0 Å². The number of hydrogen-bond acceptors (Lipinski definition) is 2. The summed E-state index contributed by atoms with van der Waals surface area (Å²) >= 11 is 0. The van der Waals surface area contributed by atoms with Gasteiger partial charge in [-0.15, -0.1) is 0 Å². The van der Waals surface area contributed by atoms with Gasteiger partial charge in [0.1, 0.15) is 11.6 Å². The highest BCUT2D eigenvalue weighted by atomic mass is 19.4. The van der Waals surface area contributed by atoms with Crippen LogP contribution >= 0.6 is 0 Å². The van der Waals surface area contributed by atoms with Gasteiger partial charge in [-0.2, -0.15) is 18.4 Å². The molecule has 0 amide bonds. The Morgan fingerprint density at radius 2 is 2.08 bits per heavy atom. The SMILES string of the molecule is N#CC(=CCCC(F)(F)F)C(=O)O. The van der Waals surface area contributed by atoms with Crippen molar-refractivity contribution in [3.05, 3.63) is 11.6 Å². The molecule has 0 aliphatic heterocycles. The van der Waals surface area contributed by atoms with Crippen LogP contribution in [0.25, 0.3) is 0 Å². The second-order valence-corrected chi connectivity index (χ2v) is 2.19. The molecular formula is C7H6F3NO2. The van der Waals surface area contributed by atoms with Gasteiger partial charge in [0.15, 0.2) is 0 Å². The van der Waals surface area contributed by atoms with Crippen LogP contribution in [0.5, 0.6) is 0 Å². The number of halogens is 3. The molecule has 0 aliphatic carbocycles. The molecule has 13 heavy (non-hydrogen) atoms. The third-order valence-corrected chi connectivity index (χ3v) is 1.13. The average molecular weight is 193 g/mol. The lowest BCUT2D eigenvalue weighted by Crippen LogP contribution is -2.06. The lowest BCUT2D eigenvalue weighted by molar-refractivity contribution is -0.135. The van der Waals surface area contributed by atoms with Gasteiger partial charge in [0, 0.05) is 6.42 Å². The van der Waals surface area contributed by atoms with E-state index in [1.165, 1.54) is 6.07 Å². The normalized spacial score (nSPS) is 12.3. The minimum atomic E-state index is -4.32. The first-order valence-electron chi connectivity index (χ1n) is 3.27. The predicted molar refractivity (Wildman–Crippen MR) is 36.6 cm³/mol. The molecule has 0 saturated heterocycles. The van der Waals surface area contributed by atoms with E-state index in [2.05, 4.69) is 0 Å². The van der Waals surface area contributed by atoms with Crippen LogP contribution in [-0.4, -0.2) is 17.3 Å². The van der Waals surface area contributed by atoms with Crippen LogP contribution in [0.1, 0.15) is 12.8 Å². The quantitative estimate of drug-likeness (QED) is 0.549. The van der Waals surface area contributed by atoms with Crippen LogP contribution < -0.4 is 0 Å². The lowest BCUT2D eigenvalue weighted by atomic mass is 10.2. The molecule has 0 fully saturated rings. The first kappa shape index (κ1) is 11.5. The van der Waals surface area contributed by atoms with Crippen molar-refractivity contribution in [1.29, 1.82) is 5.26 Å². The Morgan fingerprint density at radius 3 is 2.38 bits per heavy atom. The van der Waals surface area contributed by atoms with Crippen molar-refractivity contribution in [1.82, 2.24) is 0 Å². The van der Waals surface area contributed by atoms with Gasteiger partial charge in [-0.25, -0.2) is 4.79 Å². The van der Waals surface area contributed by atoms with Crippen molar-refractivity contribution < 1.29 is 23.1 Å². The molecule has 6 heteroatoms. The summed E-state index contributed by atoms with van der Waals surface area (Å²) in [5, 5.41) is 16.4. The number of alkyl halides is 3. The highest BCUT2D eigenvalue weighted by Gasteiger charge is 2.25. The highest BCUT2D eigenvalue weighted by molar-refractivity contribution is 5.90. The maximum Gasteiger partial charge on any atom is 0.389 e. The van der Waals surface area contributed by atoms with Crippen molar-refractivity contribution in [2.75, 3.05) is 0 Å². The van der Waals surface area contributed by atoms with Gasteiger partial charge < -0.3 is 5.11 Å². The van der Waals surface area contributed by atoms with Crippen molar-refractivity contribution in [3.63, 3.8) is 0 Å². The molecule has 0 unspecified atom stereocenters. The van der Waals surface area contributed by atoms with Crippen molar-refractivity contribution in [2.24, 2.45) is 0 Å². The Morgan fingerprint density at radius 1 is 1.54 bits per heavy atom. The summed E-state index contributed by atoms with van der Waals surface area (Å²) < 4.78 is 34.7. The van der Waals surface area contributed by atoms with Crippen LogP contribution in [0.15, 0.2) is 11.6 Å². The fourth-order valence-electron chi connectivity index (χ4n) is 0.561. The fourth-order valence-corrected chi connectivity index (χ4v) is 0.561. The van der Waals surface area contributed by atoms with Crippen LogP contribution in [0.4, 0.5) is 13.2 Å². The van der Waals surface area contributed by atoms with E-state index in [1.807, 2.05) is 0 Å². The van der Waals surface area contributed by atoms with E-state index in [0.29, 0.717) is 0 Å². The number of hydrogen-bond donors (Lipinski definition) is 1. The van der Waals surface area contributed by atoms with E-state index in [4.69, 9.17) is 10.4 Å². The molecule has 0 aromatic rings. The minimum Gasteiger partial charge on any atom is -0.477 e. The average Bonchev–Trinajstić information content (AvgIpc) is 1.95. The van der Waals surface area contributed by atoms with Crippen molar-refractivity contribution in [2.45, 2.75) is 19.0 Å². The number of nitrogens with zero attached hydrogens (tertiary/aromatic N) is 1. The molecule has 1 N–H and O–H groups in total. The highest BCUT2D eigenvalue weighted by Crippen LogP contribution is 2.21. The smallest absolute Gasteiger partial charge is 0.389 e. The number of rotatable bonds is 3. The summed E-state index contributed by atoms with van der Waals surface area (Å²) in [7, 11) is 0. The van der Waals surface area contributed by atoms with Crippen LogP contribution in [0, 0.1) is 11.3 Å². The molecule has 0 aromatic heterocycles. The maximum atomic E-state index is 11.6. The molecule has 0 spiro atoms. The third kappa shape index (κ3) is 5.73. The van der Waals surface area contributed by atoms with Gasteiger partial charge in [0.25, 0.3) is 0 Å². The van der Waals surface area contributed by atoms with Crippen LogP contribution in [-0.2, 0) is 4.79 Å². The summed E-state index contributed by atoms with van der Waals surface area (Å²) in [4.78, 5) is 10.1. The minimum absolute atomic E-state index is 0.487. The molecule has 0 aromatic carbocycles. The first-order valence-corrected chi connectivity index (χ1v) is 3.27. The Labute approximate surface area is 72.1 Å². The summed E-state index contributed by atoms with van der Waals surface area (Å²) in [6, 6.07) is 1.28. The molecule has 0 bridgehead atoms. The molecule has 0 aliphatic rings. The summed E-state index contributed by atoms with van der Waals surface area (Å²) in [5.74, 6) is -1.51. The third-order valence-electron chi connectivity index (χ3n) is 1.13. The number of aliphatic carboxylic acids is 1. The van der Waals surface area contributed by atoms with E-state index in [9.17, 15) is 18.0 Å². The molecule has 3 nitrogen and oxygen atoms in total. The largest absolute Gasteiger partial charge is 0.477 e. The summed E-state index contributed by atoms with van der Waals surface area (Å²) in [6.07, 6.45) is -5.17. The second-order valence-electron chi connectivity index (χ2n) is 2.19. The molecule has 0 radical (unpaired) electrons. The van der Waals surface area contributed by atoms with Gasteiger partial charge in [-0.05, 0) is 6.42 Å². The van der Waals surface area contributed by atoms with Gasteiger partial charge in [-0.3, -0.25) is 0 Å². The van der Waals surface area contributed by atoms with Crippen LogP contribution in [0.3, 0.4) is 0 Å².